The summed E-state index contributed by atoms with van der Waals surface area (Å²) < 4.78 is 0. The van der Waals surface area contributed by atoms with Gasteiger partial charge in [0.1, 0.15) is 0 Å². The number of rotatable bonds is 6. The highest BCUT2D eigenvalue weighted by Gasteiger charge is 2.15. The number of amides is 1. The molecule has 0 bridgehead atoms. The van der Waals surface area contributed by atoms with Gasteiger partial charge in [-0.25, -0.2) is 0 Å². The van der Waals surface area contributed by atoms with Crippen LogP contribution in [0.15, 0.2) is 0 Å². The van der Waals surface area contributed by atoms with Crippen molar-refractivity contribution in [1.82, 2.24) is 10.6 Å². The van der Waals surface area contributed by atoms with E-state index in [1.165, 1.54) is 6.42 Å². The topological polar surface area (TPSA) is 64.9 Å². The second kappa shape index (κ2) is 7.24. The standard InChI is InChI=1S/C11H19N3O/c12-6-1-2-7-14-11(15)4-3-10-5-8-13-9-10/h10,13H,1-5,7-9H2,(H,14,15). The Kier molecular flexibility index (Phi) is 5.79. The molecule has 0 aromatic rings. The molecule has 1 saturated heterocycles. The Morgan fingerprint density at radius 1 is 1.60 bits per heavy atom. The van der Waals surface area contributed by atoms with Crippen LogP contribution in [0.3, 0.4) is 0 Å². The Hall–Kier alpha value is -1.08. The molecular formula is C11H19N3O. The van der Waals surface area contributed by atoms with Gasteiger partial charge in [-0.3, -0.25) is 4.79 Å². The molecule has 84 valence electrons. The molecule has 1 amide bonds. The van der Waals surface area contributed by atoms with E-state index in [-0.39, 0.29) is 5.91 Å². The fraction of sp³-hybridized carbons (Fsp3) is 0.818. The number of hydrogen-bond acceptors (Lipinski definition) is 3. The molecule has 1 unspecified atom stereocenters. The molecule has 0 radical (unpaired) electrons. The summed E-state index contributed by atoms with van der Waals surface area (Å²) in [5.41, 5.74) is 0. The second-order valence-corrected chi connectivity index (χ2v) is 4.01. The van der Waals surface area contributed by atoms with E-state index < -0.39 is 0 Å². The van der Waals surface area contributed by atoms with Crippen LogP contribution in [-0.2, 0) is 4.79 Å². The van der Waals surface area contributed by atoms with Crippen molar-refractivity contribution in [2.75, 3.05) is 19.6 Å². The summed E-state index contributed by atoms with van der Waals surface area (Å²) in [5.74, 6) is 0.801. The second-order valence-electron chi connectivity index (χ2n) is 4.01. The number of nitriles is 1. The number of unbranched alkanes of at least 4 members (excludes halogenated alkanes) is 1. The van der Waals surface area contributed by atoms with Crippen molar-refractivity contribution in [2.24, 2.45) is 5.92 Å². The van der Waals surface area contributed by atoms with Crippen LogP contribution < -0.4 is 10.6 Å². The SMILES string of the molecule is N#CCCCNC(=O)CCC1CCNC1. The fourth-order valence-electron chi connectivity index (χ4n) is 1.78. The van der Waals surface area contributed by atoms with Gasteiger partial charge in [0.05, 0.1) is 6.07 Å². The molecule has 4 nitrogen and oxygen atoms in total. The first-order chi connectivity index (χ1) is 7.33. The van der Waals surface area contributed by atoms with E-state index in [9.17, 15) is 4.79 Å². The van der Waals surface area contributed by atoms with E-state index in [4.69, 9.17) is 5.26 Å². The minimum atomic E-state index is 0.125. The molecule has 1 atom stereocenters. The van der Waals surface area contributed by atoms with Gasteiger partial charge in [-0.15, -0.1) is 0 Å². The van der Waals surface area contributed by atoms with Crippen LogP contribution in [0.2, 0.25) is 0 Å². The van der Waals surface area contributed by atoms with Crippen LogP contribution in [0.4, 0.5) is 0 Å². The smallest absolute Gasteiger partial charge is 0.220 e. The third kappa shape index (κ3) is 5.38. The first-order valence-corrected chi connectivity index (χ1v) is 5.67. The van der Waals surface area contributed by atoms with Gasteiger partial charge in [0, 0.05) is 19.4 Å². The highest BCUT2D eigenvalue weighted by atomic mass is 16.1. The summed E-state index contributed by atoms with van der Waals surface area (Å²) in [4.78, 5) is 11.3. The van der Waals surface area contributed by atoms with Crippen molar-refractivity contribution in [2.45, 2.75) is 32.1 Å². The molecule has 0 spiro atoms. The first-order valence-electron chi connectivity index (χ1n) is 5.67. The third-order valence-corrected chi connectivity index (χ3v) is 2.73. The quantitative estimate of drug-likeness (QED) is 0.636. The minimum absolute atomic E-state index is 0.125. The minimum Gasteiger partial charge on any atom is -0.356 e. The molecule has 1 fully saturated rings. The number of nitrogens with one attached hydrogen (secondary N) is 2. The predicted octanol–water partition coefficient (Wildman–Crippen LogP) is 0.796. The van der Waals surface area contributed by atoms with Crippen molar-refractivity contribution in [1.29, 1.82) is 5.26 Å². The highest BCUT2D eigenvalue weighted by molar-refractivity contribution is 5.75. The molecule has 4 heteroatoms. The third-order valence-electron chi connectivity index (χ3n) is 2.73. The van der Waals surface area contributed by atoms with Crippen molar-refractivity contribution < 1.29 is 4.79 Å². The molecule has 0 aromatic carbocycles. The van der Waals surface area contributed by atoms with E-state index in [2.05, 4.69) is 16.7 Å². The lowest BCUT2D eigenvalue weighted by Crippen LogP contribution is -2.24. The molecular weight excluding hydrogens is 190 g/mol. The zero-order valence-electron chi connectivity index (χ0n) is 9.09. The zero-order valence-corrected chi connectivity index (χ0v) is 9.09. The van der Waals surface area contributed by atoms with Crippen LogP contribution in [0, 0.1) is 17.2 Å². The van der Waals surface area contributed by atoms with Crippen LogP contribution in [0.25, 0.3) is 0 Å². The molecule has 1 rings (SSSR count). The van der Waals surface area contributed by atoms with Gasteiger partial charge in [-0.05, 0) is 38.3 Å². The largest absolute Gasteiger partial charge is 0.356 e. The van der Waals surface area contributed by atoms with Gasteiger partial charge in [0.2, 0.25) is 5.91 Å². The summed E-state index contributed by atoms with van der Waals surface area (Å²) in [6, 6.07) is 2.06. The van der Waals surface area contributed by atoms with Gasteiger partial charge in [-0.1, -0.05) is 0 Å². The van der Waals surface area contributed by atoms with Crippen molar-refractivity contribution >= 4 is 5.91 Å². The normalized spacial score (nSPS) is 19.8. The highest BCUT2D eigenvalue weighted by Crippen LogP contribution is 2.13. The number of carbonyl (C=O) groups is 1. The monoisotopic (exact) mass is 209 g/mol. The molecule has 0 aliphatic carbocycles. The van der Waals surface area contributed by atoms with Gasteiger partial charge < -0.3 is 10.6 Å². The number of nitrogens with zero attached hydrogens (tertiary/aromatic N) is 1. The van der Waals surface area contributed by atoms with E-state index in [0.29, 0.717) is 25.3 Å². The predicted molar refractivity (Wildman–Crippen MR) is 58.1 cm³/mol. The van der Waals surface area contributed by atoms with Crippen LogP contribution in [-0.4, -0.2) is 25.5 Å². The maximum atomic E-state index is 11.3. The molecule has 0 aromatic heterocycles. The Balaban J connectivity index is 1.96. The van der Waals surface area contributed by atoms with Crippen molar-refractivity contribution in [3.63, 3.8) is 0 Å². The summed E-state index contributed by atoms with van der Waals surface area (Å²) in [7, 11) is 0. The molecule has 1 aliphatic rings. The fourth-order valence-corrected chi connectivity index (χ4v) is 1.78. The summed E-state index contributed by atoms with van der Waals surface area (Å²) in [6.45, 7) is 2.78. The Morgan fingerprint density at radius 2 is 2.47 bits per heavy atom. The van der Waals surface area contributed by atoms with Gasteiger partial charge in [-0.2, -0.15) is 5.26 Å². The van der Waals surface area contributed by atoms with Crippen molar-refractivity contribution in [3.8, 4) is 6.07 Å². The summed E-state index contributed by atoms with van der Waals surface area (Å²) >= 11 is 0. The van der Waals surface area contributed by atoms with E-state index >= 15 is 0 Å². The molecule has 15 heavy (non-hydrogen) atoms. The summed E-state index contributed by atoms with van der Waals surface area (Å²) in [5, 5.41) is 14.4. The Morgan fingerprint density at radius 3 is 3.13 bits per heavy atom. The first kappa shape index (κ1) is 12.0. The number of carbonyl (C=O) groups excluding carboxylic acids is 1. The average molecular weight is 209 g/mol. The molecule has 1 heterocycles. The number of hydrogen-bond donors (Lipinski definition) is 2. The maximum Gasteiger partial charge on any atom is 0.220 e. The maximum absolute atomic E-state index is 11.3. The Bertz CT molecular complexity index is 228. The lowest BCUT2D eigenvalue weighted by Gasteiger charge is -2.07. The van der Waals surface area contributed by atoms with Crippen LogP contribution in [0.5, 0.6) is 0 Å². The molecule has 1 aliphatic heterocycles. The lowest BCUT2D eigenvalue weighted by molar-refractivity contribution is -0.121. The van der Waals surface area contributed by atoms with Gasteiger partial charge in [0.15, 0.2) is 0 Å². The van der Waals surface area contributed by atoms with E-state index in [1.54, 1.807) is 0 Å². The molecule has 2 N–H and O–H groups in total. The summed E-state index contributed by atoms with van der Waals surface area (Å²) in [6.07, 6.45) is 4.08. The van der Waals surface area contributed by atoms with E-state index in [1.807, 2.05) is 0 Å². The van der Waals surface area contributed by atoms with Crippen LogP contribution >= 0.6 is 0 Å². The zero-order chi connectivity index (χ0) is 10.9. The lowest BCUT2D eigenvalue weighted by atomic mass is 10.0. The van der Waals surface area contributed by atoms with E-state index in [0.717, 1.165) is 25.9 Å². The average Bonchev–Trinajstić information content (AvgIpc) is 2.74. The van der Waals surface area contributed by atoms with Crippen LogP contribution in [0.1, 0.15) is 32.1 Å². The Labute approximate surface area is 91.0 Å². The van der Waals surface area contributed by atoms with Gasteiger partial charge in [0.25, 0.3) is 0 Å². The van der Waals surface area contributed by atoms with Gasteiger partial charge >= 0.3 is 0 Å². The van der Waals surface area contributed by atoms with Crippen molar-refractivity contribution in [3.05, 3.63) is 0 Å². The molecule has 0 saturated carbocycles.